The van der Waals surface area contributed by atoms with Crippen LogP contribution in [-0.4, -0.2) is 25.6 Å². The van der Waals surface area contributed by atoms with Crippen LogP contribution in [0.4, 0.5) is 14.5 Å². The molecule has 0 saturated heterocycles. The monoisotopic (exact) mass is 276 g/mol. The molecule has 1 rings (SSSR count). The molecule has 1 aromatic rings. The Morgan fingerprint density at radius 3 is 2.26 bits per heavy atom. The number of nitro groups is 1. The average Bonchev–Trinajstić information content (AvgIpc) is 2.35. The number of halogens is 2. The summed E-state index contributed by atoms with van der Waals surface area (Å²) in [5.41, 5.74) is 5.19. The van der Waals surface area contributed by atoms with Crippen LogP contribution in [0.5, 0.6) is 11.5 Å². The van der Waals surface area contributed by atoms with E-state index >= 15 is 0 Å². The third-order valence-corrected chi connectivity index (χ3v) is 2.56. The lowest BCUT2D eigenvalue weighted by Crippen LogP contribution is -2.16. The number of nitro benzene ring substituents is 1. The Balaban J connectivity index is 3.30. The van der Waals surface area contributed by atoms with Gasteiger partial charge in [0.05, 0.1) is 30.8 Å². The molecule has 0 bridgehead atoms. The van der Waals surface area contributed by atoms with Gasteiger partial charge >= 0.3 is 0 Å². The molecule has 19 heavy (non-hydrogen) atoms. The van der Waals surface area contributed by atoms with Crippen molar-refractivity contribution in [3.05, 3.63) is 27.8 Å². The molecule has 0 radical (unpaired) electrons. The van der Waals surface area contributed by atoms with E-state index < -0.39 is 23.8 Å². The van der Waals surface area contributed by atoms with Crippen LogP contribution >= 0.6 is 0 Å². The molecular formula is C11H14F2N2O4. The van der Waals surface area contributed by atoms with Gasteiger partial charge in [-0.2, -0.15) is 0 Å². The molecule has 0 aliphatic heterocycles. The van der Waals surface area contributed by atoms with Crippen LogP contribution in [0, 0.1) is 10.1 Å². The Morgan fingerprint density at radius 1 is 1.32 bits per heavy atom. The number of benzene rings is 1. The van der Waals surface area contributed by atoms with Crippen molar-refractivity contribution in [1.82, 2.24) is 0 Å². The predicted octanol–water partition coefficient (Wildman–Crippen LogP) is 2.27. The molecule has 2 N–H and O–H groups in total. The zero-order valence-electron chi connectivity index (χ0n) is 10.4. The smallest absolute Gasteiger partial charge is 0.278 e. The molecule has 0 saturated carbocycles. The van der Waals surface area contributed by atoms with E-state index in [1.165, 1.54) is 20.3 Å². The summed E-state index contributed by atoms with van der Waals surface area (Å²) in [6, 6.07) is 1.21. The van der Waals surface area contributed by atoms with Gasteiger partial charge in [0.25, 0.3) is 5.69 Å². The van der Waals surface area contributed by atoms with Gasteiger partial charge in [-0.1, -0.05) is 0 Å². The second kappa shape index (κ2) is 6.28. The number of hydrogen-bond donors (Lipinski definition) is 1. The SMILES string of the molecule is COc1cc([C@@H](N)CC(F)F)c([N+](=O)[O-])cc1OC. The van der Waals surface area contributed by atoms with Crippen molar-refractivity contribution < 1.29 is 23.2 Å². The number of nitrogens with two attached hydrogens (primary N) is 1. The Labute approximate surface area is 108 Å². The summed E-state index contributed by atoms with van der Waals surface area (Å²) in [5.74, 6) is 0.343. The fraction of sp³-hybridized carbons (Fsp3) is 0.455. The van der Waals surface area contributed by atoms with Gasteiger partial charge in [-0.3, -0.25) is 10.1 Å². The Bertz CT molecular complexity index is 468. The maximum atomic E-state index is 12.3. The van der Waals surface area contributed by atoms with Gasteiger partial charge in [0.1, 0.15) is 0 Å². The van der Waals surface area contributed by atoms with Gasteiger partial charge < -0.3 is 15.2 Å². The van der Waals surface area contributed by atoms with Gasteiger partial charge in [0, 0.05) is 12.5 Å². The largest absolute Gasteiger partial charge is 0.493 e. The normalized spacial score (nSPS) is 12.3. The first kappa shape index (κ1) is 15.1. The first-order chi connectivity index (χ1) is 8.90. The lowest BCUT2D eigenvalue weighted by molar-refractivity contribution is -0.385. The summed E-state index contributed by atoms with van der Waals surface area (Å²) in [4.78, 5) is 10.3. The van der Waals surface area contributed by atoms with Crippen LogP contribution < -0.4 is 15.2 Å². The van der Waals surface area contributed by atoms with E-state index in [4.69, 9.17) is 15.2 Å². The van der Waals surface area contributed by atoms with Crippen molar-refractivity contribution >= 4 is 5.69 Å². The highest BCUT2D eigenvalue weighted by atomic mass is 19.3. The summed E-state index contributed by atoms with van der Waals surface area (Å²) < 4.78 is 34.6. The molecule has 0 aromatic heterocycles. The topological polar surface area (TPSA) is 87.6 Å². The average molecular weight is 276 g/mol. The molecule has 1 atom stereocenters. The van der Waals surface area contributed by atoms with Crippen LogP contribution in [0.1, 0.15) is 18.0 Å². The lowest BCUT2D eigenvalue weighted by Gasteiger charge is -2.15. The van der Waals surface area contributed by atoms with Crippen LogP contribution in [0.25, 0.3) is 0 Å². The minimum Gasteiger partial charge on any atom is -0.493 e. The van der Waals surface area contributed by atoms with E-state index in [-0.39, 0.29) is 22.7 Å². The summed E-state index contributed by atoms with van der Waals surface area (Å²) in [6.07, 6.45) is -3.32. The molecule has 0 amide bonds. The number of hydrogen-bond acceptors (Lipinski definition) is 5. The molecule has 0 aliphatic rings. The van der Waals surface area contributed by atoms with E-state index in [0.717, 1.165) is 6.07 Å². The van der Waals surface area contributed by atoms with Gasteiger partial charge in [-0.15, -0.1) is 0 Å². The zero-order chi connectivity index (χ0) is 14.6. The van der Waals surface area contributed by atoms with Crippen LogP contribution in [0.2, 0.25) is 0 Å². The van der Waals surface area contributed by atoms with E-state index in [0.29, 0.717) is 0 Å². The van der Waals surface area contributed by atoms with E-state index in [2.05, 4.69) is 0 Å². The van der Waals surface area contributed by atoms with E-state index in [1.54, 1.807) is 0 Å². The molecule has 1 aromatic carbocycles. The van der Waals surface area contributed by atoms with E-state index in [1.807, 2.05) is 0 Å². The highest BCUT2D eigenvalue weighted by molar-refractivity contribution is 5.55. The van der Waals surface area contributed by atoms with Crippen molar-refractivity contribution in [2.75, 3.05) is 14.2 Å². The van der Waals surface area contributed by atoms with Gasteiger partial charge in [0.15, 0.2) is 11.5 Å². The molecule has 0 fully saturated rings. The molecule has 0 heterocycles. The Morgan fingerprint density at radius 2 is 1.84 bits per heavy atom. The number of alkyl halides is 2. The van der Waals surface area contributed by atoms with Crippen molar-refractivity contribution in [2.24, 2.45) is 5.73 Å². The standard InChI is InChI=1S/C11H14F2N2O4/c1-18-9-3-6(7(14)4-11(12)13)8(15(16)17)5-10(9)19-2/h3,5,7,11H,4,14H2,1-2H3/t7-/m0/s1. The Kier molecular flexibility index (Phi) is 4.99. The van der Waals surface area contributed by atoms with Crippen molar-refractivity contribution in [3.8, 4) is 11.5 Å². The summed E-state index contributed by atoms with van der Waals surface area (Å²) in [6.45, 7) is 0. The molecule has 0 unspecified atom stereocenters. The zero-order valence-corrected chi connectivity index (χ0v) is 10.4. The Hall–Kier alpha value is -1.96. The van der Waals surface area contributed by atoms with Gasteiger partial charge in [0.2, 0.25) is 6.43 Å². The second-order valence-electron chi connectivity index (χ2n) is 3.76. The quantitative estimate of drug-likeness (QED) is 0.636. The summed E-state index contributed by atoms with van der Waals surface area (Å²) >= 11 is 0. The van der Waals surface area contributed by atoms with Crippen LogP contribution in [0.15, 0.2) is 12.1 Å². The van der Waals surface area contributed by atoms with Crippen molar-refractivity contribution in [2.45, 2.75) is 18.9 Å². The molecule has 106 valence electrons. The minimum absolute atomic E-state index is 0.0112. The molecular weight excluding hydrogens is 262 g/mol. The third-order valence-electron chi connectivity index (χ3n) is 2.56. The predicted molar refractivity (Wildman–Crippen MR) is 63.7 cm³/mol. The van der Waals surface area contributed by atoms with Crippen LogP contribution in [-0.2, 0) is 0 Å². The second-order valence-corrected chi connectivity index (χ2v) is 3.76. The maximum absolute atomic E-state index is 12.3. The van der Waals surface area contributed by atoms with Gasteiger partial charge in [-0.25, -0.2) is 8.78 Å². The number of methoxy groups -OCH3 is 2. The summed E-state index contributed by atoms with van der Waals surface area (Å²) in [7, 11) is 2.66. The first-order valence-corrected chi connectivity index (χ1v) is 5.34. The minimum atomic E-state index is -2.65. The first-order valence-electron chi connectivity index (χ1n) is 5.34. The maximum Gasteiger partial charge on any atom is 0.278 e. The van der Waals surface area contributed by atoms with Crippen LogP contribution in [0.3, 0.4) is 0 Å². The molecule has 6 nitrogen and oxygen atoms in total. The third kappa shape index (κ3) is 3.50. The fourth-order valence-corrected chi connectivity index (χ4v) is 1.66. The van der Waals surface area contributed by atoms with Crippen molar-refractivity contribution in [3.63, 3.8) is 0 Å². The molecule has 0 spiro atoms. The number of ether oxygens (including phenoxy) is 2. The van der Waals surface area contributed by atoms with Gasteiger partial charge in [-0.05, 0) is 6.07 Å². The lowest BCUT2D eigenvalue weighted by atomic mass is 10.0. The van der Waals surface area contributed by atoms with E-state index in [9.17, 15) is 18.9 Å². The van der Waals surface area contributed by atoms with Crippen molar-refractivity contribution in [1.29, 1.82) is 0 Å². The highest BCUT2D eigenvalue weighted by Gasteiger charge is 2.25. The summed E-state index contributed by atoms with van der Waals surface area (Å²) in [5, 5.41) is 10.9. The molecule has 8 heteroatoms. The number of rotatable bonds is 6. The molecule has 0 aliphatic carbocycles. The fourth-order valence-electron chi connectivity index (χ4n) is 1.66. The number of nitrogens with zero attached hydrogens (tertiary/aromatic N) is 1. The highest BCUT2D eigenvalue weighted by Crippen LogP contribution is 2.37.